The summed E-state index contributed by atoms with van der Waals surface area (Å²) < 4.78 is 1.45. The van der Waals surface area contributed by atoms with E-state index in [1.54, 1.807) is 20.8 Å². The Kier molecular flexibility index (Phi) is 4.84. The number of carboxylic acids is 1. The topological polar surface area (TPSA) is 114 Å². The molecule has 0 aliphatic heterocycles. The van der Waals surface area contributed by atoms with Crippen LogP contribution in [0.15, 0.2) is 12.3 Å². The summed E-state index contributed by atoms with van der Waals surface area (Å²) in [5, 5.41) is 22.0. The minimum Gasteiger partial charge on any atom is -0.480 e. The van der Waals surface area contributed by atoms with Gasteiger partial charge in [0.05, 0.1) is 11.1 Å². The maximum atomic E-state index is 12.1. The lowest BCUT2D eigenvalue weighted by atomic mass is 10.2. The molecule has 1 aromatic heterocycles. The molecule has 0 bridgehead atoms. The molecular weight excluding hydrogens is 266 g/mol. The fraction of sp³-hybridized carbons (Fsp3) is 0.500. The lowest BCUT2D eigenvalue weighted by Crippen LogP contribution is -2.41. The molecule has 0 saturated carbocycles. The van der Waals surface area contributed by atoms with Crippen molar-refractivity contribution >= 4 is 17.6 Å². The Balaban J connectivity index is 3.08. The molecule has 20 heavy (non-hydrogen) atoms. The average molecular weight is 283 g/mol. The predicted octanol–water partition coefficient (Wildman–Crippen LogP) is 1.57. The van der Waals surface area contributed by atoms with Crippen LogP contribution in [0.25, 0.3) is 0 Å². The second-order valence-electron chi connectivity index (χ2n) is 4.61. The van der Waals surface area contributed by atoms with Crippen molar-refractivity contribution < 1.29 is 19.6 Å². The van der Waals surface area contributed by atoms with Gasteiger partial charge in [0, 0.05) is 12.1 Å². The SMILES string of the molecule is CC[C@H](NC(=O)c1cc([N+](=O)[O-])cn1C(C)C)C(=O)O. The number of rotatable bonds is 6. The number of amides is 1. The number of carboxylic acid groups (broad SMARTS) is 1. The maximum Gasteiger partial charge on any atom is 0.326 e. The molecule has 1 amide bonds. The largest absolute Gasteiger partial charge is 0.480 e. The van der Waals surface area contributed by atoms with Gasteiger partial charge in [-0.25, -0.2) is 4.79 Å². The van der Waals surface area contributed by atoms with E-state index in [1.807, 2.05) is 0 Å². The van der Waals surface area contributed by atoms with Crippen LogP contribution in [0.5, 0.6) is 0 Å². The van der Waals surface area contributed by atoms with E-state index in [0.29, 0.717) is 0 Å². The van der Waals surface area contributed by atoms with Crippen LogP contribution in [-0.2, 0) is 4.79 Å². The zero-order valence-electron chi connectivity index (χ0n) is 11.5. The standard InChI is InChI=1S/C12H17N3O5/c1-4-9(12(17)18)13-11(16)10-5-8(15(19)20)6-14(10)7(2)3/h5-7,9H,4H2,1-3H3,(H,13,16)(H,17,18)/t9-/m0/s1. The van der Waals surface area contributed by atoms with Crippen molar-refractivity contribution in [1.82, 2.24) is 9.88 Å². The molecular formula is C12H17N3O5. The van der Waals surface area contributed by atoms with Gasteiger partial charge in [-0.1, -0.05) is 6.92 Å². The van der Waals surface area contributed by atoms with E-state index >= 15 is 0 Å². The monoisotopic (exact) mass is 283 g/mol. The molecule has 0 aliphatic rings. The highest BCUT2D eigenvalue weighted by molar-refractivity contribution is 5.96. The van der Waals surface area contributed by atoms with E-state index in [2.05, 4.69) is 5.32 Å². The highest BCUT2D eigenvalue weighted by Crippen LogP contribution is 2.20. The maximum absolute atomic E-state index is 12.1. The van der Waals surface area contributed by atoms with Crippen molar-refractivity contribution in [2.75, 3.05) is 0 Å². The molecule has 0 fully saturated rings. The van der Waals surface area contributed by atoms with Gasteiger partial charge < -0.3 is 15.0 Å². The number of hydrogen-bond donors (Lipinski definition) is 2. The molecule has 0 unspecified atom stereocenters. The first-order valence-corrected chi connectivity index (χ1v) is 6.17. The van der Waals surface area contributed by atoms with Crippen molar-refractivity contribution in [3.05, 3.63) is 28.1 Å². The Morgan fingerprint density at radius 3 is 2.50 bits per heavy atom. The number of nitrogens with zero attached hydrogens (tertiary/aromatic N) is 2. The number of nitrogens with one attached hydrogen (secondary N) is 1. The van der Waals surface area contributed by atoms with Crippen molar-refractivity contribution in [3.63, 3.8) is 0 Å². The van der Waals surface area contributed by atoms with Crippen molar-refractivity contribution in [2.45, 2.75) is 39.3 Å². The molecule has 110 valence electrons. The van der Waals surface area contributed by atoms with Crippen LogP contribution in [-0.4, -0.2) is 32.5 Å². The molecule has 1 aromatic rings. The summed E-state index contributed by atoms with van der Waals surface area (Å²) in [7, 11) is 0. The van der Waals surface area contributed by atoms with E-state index < -0.39 is 22.8 Å². The highest BCUT2D eigenvalue weighted by atomic mass is 16.6. The third kappa shape index (κ3) is 3.34. The Morgan fingerprint density at radius 1 is 1.50 bits per heavy atom. The average Bonchev–Trinajstić information content (AvgIpc) is 2.80. The molecule has 0 spiro atoms. The van der Waals surface area contributed by atoms with Crippen LogP contribution < -0.4 is 5.32 Å². The molecule has 2 N–H and O–H groups in total. The molecule has 0 aromatic carbocycles. The van der Waals surface area contributed by atoms with Crippen LogP contribution in [0.3, 0.4) is 0 Å². The third-order valence-corrected chi connectivity index (χ3v) is 2.85. The normalized spacial score (nSPS) is 12.2. The Labute approximate surface area is 115 Å². The van der Waals surface area contributed by atoms with Gasteiger partial charge in [-0.15, -0.1) is 0 Å². The molecule has 1 heterocycles. The second-order valence-corrected chi connectivity index (χ2v) is 4.61. The van der Waals surface area contributed by atoms with Gasteiger partial charge >= 0.3 is 5.97 Å². The van der Waals surface area contributed by atoms with Gasteiger partial charge in [0.1, 0.15) is 11.7 Å². The zero-order valence-corrected chi connectivity index (χ0v) is 11.5. The van der Waals surface area contributed by atoms with Crippen LogP contribution >= 0.6 is 0 Å². The van der Waals surface area contributed by atoms with Gasteiger partial charge in [0.2, 0.25) is 0 Å². The van der Waals surface area contributed by atoms with Gasteiger partial charge in [-0.05, 0) is 20.3 Å². The van der Waals surface area contributed by atoms with Gasteiger partial charge in [0.25, 0.3) is 11.6 Å². The Hall–Kier alpha value is -2.38. The second kappa shape index (κ2) is 6.18. The fourth-order valence-corrected chi connectivity index (χ4v) is 1.74. The first kappa shape index (κ1) is 15.7. The Morgan fingerprint density at radius 2 is 2.10 bits per heavy atom. The van der Waals surface area contributed by atoms with Gasteiger partial charge in [-0.3, -0.25) is 14.9 Å². The zero-order chi connectivity index (χ0) is 15.4. The molecule has 0 saturated heterocycles. The van der Waals surface area contributed by atoms with Crippen LogP contribution in [0, 0.1) is 10.1 Å². The summed E-state index contributed by atoms with van der Waals surface area (Å²) in [5.41, 5.74) is -0.126. The smallest absolute Gasteiger partial charge is 0.326 e. The van der Waals surface area contributed by atoms with Crippen LogP contribution in [0.4, 0.5) is 5.69 Å². The summed E-state index contributed by atoms with van der Waals surface area (Å²) in [6.45, 7) is 5.17. The summed E-state index contributed by atoms with van der Waals surface area (Å²) in [6.07, 6.45) is 1.49. The molecule has 8 nitrogen and oxygen atoms in total. The summed E-state index contributed by atoms with van der Waals surface area (Å²) >= 11 is 0. The van der Waals surface area contributed by atoms with E-state index in [9.17, 15) is 19.7 Å². The van der Waals surface area contributed by atoms with Crippen molar-refractivity contribution in [2.24, 2.45) is 0 Å². The number of hydrogen-bond acceptors (Lipinski definition) is 4. The lowest BCUT2D eigenvalue weighted by molar-refractivity contribution is -0.384. The number of carbonyl (C=O) groups excluding carboxylic acids is 1. The molecule has 1 atom stereocenters. The number of aliphatic carboxylic acids is 1. The minimum absolute atomic E-state index is 0.0754. The highest BCUT2D eigenvalue weighted by Gasteiger charge is 2.24. The van der Waals surface area contributed by atoms with Gasteiger partial charge in [0.15, 0.2) is 0 Å². The van der Waals surface area contributed by atoms with E-state index in [0.717, 1.165) is 6.07 Å². The van der Waals surface area contributed by atoms with Crippen molar-refractivity contribution in [1.29, 1.82) is 0 Å². The third-order valence-electron chi connectivity index (χ3n) is 2.85. The molecule has 0 radical (unpaired) electrons. The lowest BCUT2D eigenvalue weighted by Gasteiger charge is -2.15. The minimum atomic E-state index is -1.14. The summed E-state index contributed by atoms with van der Waals surface area (Å²) in [4.78, 5) is 33.1. The summed E-state index contributed by atoms with van der Waals surface area (Å²) in [5.74, 6) is -1.78. The van der Waals surface area contributed by atoms with Crippen LogP contribution in [0.1, 0.15) is 43.7 Å². The molecule has 1 rings (SSSR count). The van der Waals surface area contributed by atoms with Gasteiger partial charge in [-0.2, -0.15) is 0 Å². The Bertz CT molecular complexity index is 535. The molecule has 0 aliphatic carbocycles. The number of carbonyl (C=O) groups is 2. The van der Waals surface area contributed by atoms with E-state index in [4.69, 9.17) is 5.11 Å². The number of nitro groups is 1. The molecule has 8 heteroatoms. The van der Waals surface area contributed by atoms with Crippen LogP contribution in [0.2, 0.25) is 0 Å². The van der Waals surface area contributed by atoms with Crippen molar-refractivity contribution in [3.8, 4) is 0 Å². The van der Waals surface area contributed by atoms with E-state index in [-0.39, 0.29) is 23.8 Å². The number of aromatic nitrogens is 1. The first-order chi connectivity index (χ1) is 9.27. The fourth-order valence-electron chi connectivity index (χ4n) is 1.74. The predicted molar refractivity (Wildman–Crippen MR) is 70.7 cm³/mol. The first-order valence-electron chi connectivity index (χ1n) is 6.17. The van der Waals surface area contributed by atoms with E-state index in [1.165, 1.54) is 10.8 Å². The quantitative estimate of drug-likeness (QED) is 0.607. The summed E-state index contributed by atoms with van der Waals surface area (Å²) in [6, 6.07) is -0.0318.